The number of fused-ring (bicyclic) bond motifs is 2. The van der Waals surface area contributed by atoms with Crippen LogP contribution in [0.5, 0.6) is 0 Å². The lowest BCUT2D eigenvalue weighted by Crippen LogP contribution is -2.48. The van der Waals surface area contributed by atoms with Crippen molar-refractivity contribution >= 4 is 33.8 Å². The minimum absolute atomic E-state index is 0.245. The molecule has 0 saturated carbocycles. The molecular formula is C23H24N4O3. The Morgan fingerprint density at radius 1 is 0.933 bits per heavy atom. The van der Waals surface area contributed by atoms with Crippen molar-refractivity contribution in [3.05, 3.63) is 72.1 Å². The van der Waals surface area contributed by atoms with Gasteiger partial charge in [-0.1, -0.05) is 36.4 Å². The van der Waals surface area contributed by atoms with Crippen molar-refractivity contribution in [2.45, 2.75) is 18.9 Å². The molecule has 7 heteroatoms. The van der Waals surface area contributed by atoms with Crippen LogP contribution in [-0.2, 0) is 22.4 Å². The highest BCUT2D eigenvalue weighted by atomic mass is 16.5. The van der Waals surface area contributed by atoms with E-state index in [0.29, 0.717) is 19.4 Å². The molecule has 4 N–H and O–H groups in total. The van der Waals surface area contributed by atoms with Gasteiger partial charge in [0.05, 0.1) is 7.11 Å². The molecule has 0 radical (unpaired) electrons. The second-order valence-corrected chi connectivity index (χ2v) is 7.15. The van der Waals surface area contributed by atoms with Crippen LogP contribution >= 0.6 is 0 Å². The molecule has 0 bridgehead atoms. The standard InChI is InChI=1S/C23H24N4O3/c1-30-23(29)27-21(12-16-14-26-20-9-5-3-7-18(16)20)22(28)24-11-10-15-13-25-19-8-4-2-6-17(15)19/h2-9,13-14,21,25-26H,10-12H2,1H3,(H,24,28)(H,27,29)/t21-/m0/s1. The molecule has 2 heterocycles. The third-order valence-electron chi connectivity index (χ3n) is 5.26. The zero-order valence-corrected chi connectivity index (χ0v) is 16.7. The van der Waals surface area contributed by atoms with Crippen molar-refractivity contribution in [1.29, 1.82) is 0 Å². The van der Waals surface area contributed by atoms with Crippen LogP contribution in [0.1, 0.15) is 11.1 Å². The van der Waals surface area contributed by atoms with Crippen LogP contribution in [-0.4, -0.2) is 41.7 Å². The van der Waals surface area contributed by atoms with Gasteiger partial charge in [-0.25, -0.2) is 4.79 Å². The molecule has 0 aliphatic heterocycles. The molecule has 4 aromatic rings. The Morgan fingerprint density at radius 2 is 1.53 bits per heavy atom. The second-order valence-electron chi connectivity index (χ2n) is 7.15. The highest BCUT2D eigenvalue weighted by Gasteiger charge is 2.22. The number of carbonyl (C=O) groups excluding carboxylic acids is 2. The predicted octanol–water partition coefficient (Wildman–Crippen LogP) is 3.28. The first-order chi connectivity index (χ1) is 14.7. The van der Waals surface area contributed by atoms with Gasteiger partial charge in [0, 0.05) is 47.2 Å². The first-order valence-corrected chi connectivity index (χ1v) is 9.88. The smallest absolute Gasteiger partial charge is 0.407 e. The molecule has 2 aromatic carbocycles. The fraction of sp³-hybridized carbons (Fsp3) is 0.217. The van der Waals surface area contributed by atoms with E-state index in [9.17, 15) is 9.59 Å². The quantitative estimate of drug-likeness (QED) is 0.380. The number of rotatable bonds is 7. The summed E-state index contributed by atoms with van der Waals surface area (Å²) in [6.07, 6.45) is 4.25. The Hall–Kier alpha value is -3.74. The van der Waals surface area contributed by atoms with Gasteiger partial charge in [0.2, 0.25) is 5.91 Å². The number of benzene rings is 2. The maximum Gasteiger partial charge on any atom is 0.407 e. The van der Waals surface area contributed by atoms with Crippen molar-refractivity contribution < 1.29 is 14.3 Å². The van der Waals surface area contributed by atoms with E-state index in [4.69, 9.17) is 4.74 Å². The summed E-state index contributed by atoms with van der Waals surface area (Å²) in [6, 6.07) is 15.2. The number of aromatic nitrogens is 2. The third-order valence-corrected chi connectivity index (χ3v) is 5.26. The largest absolute Gasteiger partial charge is 0.453 e. The molecule has 30 heavy (non-hydrogen) atoms. The molecular weight excluding hydrogens is 380 g/mol. The minimum Gasteiger partial charge on any atom is -0.453 e. The number of para-hydroxylation sites is 2. The summed E-state index contributed by atoms with van der Waals surface area (Å²) in [4.78, 5) is 31.1. The molecule has 0 unspecified atom stereocenters. The Kier molecular flexibility index (Phi) is 5.70. The number of amides is 2. The minimum atomic E-state index is -0.736. The van der Waals surface area contributed by atoms with Gasteiger partial charge in [0.1, 0.15) is 6.04 Å². The molecule has 0 aliphatic carbocycles. The van der Waals surface area contributed by atoms with E-state index in [2.05, 4.69) is 26.7 Å². The number of hydrogen-bond donors (Lipinski definition) is 4. The van der Waals surface area contributed by atoms with E-state index in [1.165, 1.54) is 7.11 Å². The fourth-order valence-corrected chi connectivity index (χ4v) is 3.71. The van der Waals surface area contributed by atoms with Gasteiger partial charge in [0.25, 0.3) is 0 Å². The highest BCUT2D eigenvalue weighted by Crippen LogP contribution is 2.20. The zero-order chi connectivity index (χ0) is 20.9. The molecule has 2 amide bonds. The maximum absolute atomic E-state index is 12.8. The number of alkyl carbamates (subject to hydrolysis) is 1. The van der Waals surface area contributed by atoms with Gasteiger partial charge >= 0.3 is 6.09 Å². The lowest BCUT2D eigenvalue weighted by atomic mass is 10.0. The van der Waals surface area contributed by atoms with Gasteiger partial charge in [-0.15, -0.1) is 0 Å². The van der Waals surface area contributed by atoms with E-state index >= 15 is 0 Å². The van der Waals surface area contributed by atoms with Crippen LogP contribution in [0.15, 0.2) is 60.9 Å². The van der Waals surface area contributed by atoms with Gasteiger partial charge < -0.3 is 25.3 Å². The fourth-order valence-electron chi connectivity index (χ4n) is 3.71. The summed E-state index contributed by atoms with van der Waals surface area (Å²) in [5.41, 5.74) is 4.16. The summed E-state index contributed by atoms with van der Waals surface area (Å²) in [5, 5.41) is 7.77. The normalized spacial score (nSPS) is 12.0. The van der Waals surface area contributed by atoms with Crippen LogP contribution in [0.2, 0.25) is 0 Å². The maximum atomic E-state index is 12.8. The van der Waals surface area contributed by atoms with Crippen LogP contribution < -0.4 is 10.6 Å². The van der Waals surface area contributed by atoms with Crippen molar-refractivity contribution in [2.75, 3.05) is 13.7 Å². The first kappa shape index (κ1) is 19.6. The molecule has 0 spiro atoms. The number of nitrogens with one attached hydrogen (secondary N) is 4. The van der Waals surface area contributed by atoms with E-state index in [1.54, 1.807) is 0 Å². The van der Waals surface area contributed by atoms with Gasteiger partial charge in [-0.2, -0.15) is 0 Å². The Morgan fingerprint density at radius 3 is 2.20 bits per heavy atom. The van der Waals surface area contributed by atoms with Crippen LogP contribution in [0, 0.1) is 0 Å². The van der Waals surface area contributed by atoms with Gasteiger partial charge in [0.15, 0.2) is 0 Å². The number of ether oxygens (including phenoxy) is 1. The van der Waals surface area contributed by atoms with E-state index in [-0.39, 0.29) is 5.91 Å². The van der Waals surface area contributed by atoms with Gasteiger partial charge in [-0.3, -0.25) is 4.79 Å². The van der Waals surface area contributed by atoms with E-state index in [0.717, 1.165) is 32.9 Å². The molecule has 7 nitrogen and oxygen atoms in total. The summed E-state index contributed by atoms with van der Waals surface area (Å²) in [5.74, 6) is -0.245. The molecule has 0 aliphatic rings. The molecule has 1 atom stereocenters. The number of H-pyrrole nitrogens is 2. The zero-order valence-electron chi connectivity index (χ0n) is 16.7. The van der Waals surface area contributed by atoms with Crippen LogP contribution in [0.4, 0.5) is 4.79 Å². The Balaban J connectivity index is 1.43. The molecule has 4 rings (SSSR count). The molecule has 154 valence electrons. The lowest BCUT2D eigenvalue weighted by Gasteiger charge is -2.17. The summed E-state index contributed by atoms with van der Waals surface area (Å²) in [6.45, 7) is 0.466. The number of hydrogen-bond acceptors (Lipinski definition) is 3. The molecule has 0 fully saturated rings. The third kappa shape index (κ3) is 4.15. The number of aromatic amines is 2. The monoisotopic (exact) mass is 404 g/mol. The van der Waals surface area contributed by atoms with E-state index < -0.39 is 12.1 Å². The number of methoxy groups -OCH3 is 1. The first-order valence-electron chi connectivity index (χ1n) is 9.88. The topological polar surface area (TPSA) is 99.0 Å². The summed E-state index contributed by atoms with van der Waals surface area (Å²) in [7, 11) is 1.28. The Labute approximate surface area is 173 Å². The average Bonchev–Trinajstić information content (AvgIpc) is 3.37. The van der Waals surface area contributed by atoms with Crippen molar-refractivity contribution in [3.8, 4) is 0 Å². The molecule has 2 aromatic heterocycles. The van der Waals surface area contributed by atoms with Crippen LogP contribution in [0.3, 0.4) is 0 Å². The molecule has 0 saturated heterocycles. The number of carbonyl (C=O) groups is 2. The van der Waals surface area contributed by atoms with E-state index in [1.807, 2.05) is 54.9 Å². The van der Waals surface area contributed by atoms with Crippen LogP contribution in [0.25, 0.3) is 21.8 Å². The van der Waals surface area contributed by atoms with Crippen molar-refractivity contribution in [3.63, 3.8) is 0 Å². The summed E-state index contributed by atoms with van der Waals surface area (Å²) < 4.78 is 4.71. The highest BCUT2D eigenvalue weighted by molar-refractivity contribution is 5.88. The Bertz CT molecular complexity index is 1180. The van der Waals surface area contributed by atoms with Crippen molar-refractivity contribution in [2.24, 2.45) is 0 Å². The predicted molar refractivity (Wildman–Crippen MR) is 116 cm³/mol. The average molecular weight is 404 g/mol. The summed E-state index contributed by atoms with van der Waals surface area (Å²) >= 11 is 0. The lowest BCUT2D eigenvalue weighted by molar-refractivity contribution is -0.123. The van der Waals surface area contributed by atoms with Gasteiger partial charge in [-0.05, 0) is 29.7 Å². The van der Waals surface area contributed by atoms with Crippen molar-refractivity contribution in [1.82, 2.24) is 20.6 Å². The SMILES string of the molecule is COC(=O)N[C@@H](Cc1c[nH]c2ccccc12)C(=O)NCCc1c[nH]c2ccccc12. The second kappa shape index (κ2) is 8.73.